The Kier molecular flexibility index (Phi) is 5.61. The van der Waals surface area contributed by atoms with Crippen LogP contribution < -0.4 is 4.90 Å². The van der Waals surface area contributed by atoms with Crippen LogP contribution in [0.25, 0.3) is 5.69 Å². The van der Waals surface area contributed by atoms with Gasteiger partial charge in [0.05, 0.1) is 26.6 Å². The predicted molar refractivity (Wildman–Crippen MR) is 118 cm³/mol. The number of anilines is 1. The molecule has 4 rings (SSSR count). The molecule has 0 atom stereocenters. The van der Waals surface area contributed by atoms with Crippen LogP contribution in [0, 0.1) is 13.8 Å². The maximum absolute atomic E-state index is 12.9. The minimum Gasteiger partial charge on any atom is -0.352 e. The average Bonchev–Trinajstić information content (AvgIpc) is 3.01. The van der Waals surface area contributed by atoms with Gasteiger partial charge in [-0.05, 0) is 66.2 Å². The summed E-state index contributed by atoms with van der Waals surface area (Å²) in [5.74, 6) is 0.819. The van der Waals surface area contributed by atoms with E-state index in [-0.39, 0.29) is 5.91 Å². The SMILES string of the molecule is Cc1nn(-c2ccc(C(=O)N3CCN(c4ncccc4Cl)CC3)cc2)c(C)c1Br. The molecular formula is C21H21BrClN5O. The summed E-state index contributed by atoms with van der Waals surface area (Å²) in [6.07, 6.45) is 1.74. The highest BCUT2D eigenvalue weighted by atomic mass is 79.9. The monoisotopic (exact) mass is 473 g/mol. The largest absolute Gasteiger partial charge is 0.352 e. The normalized spacial score (nSPS) is 14.3. The van der Waals surface area contributed by atoms with E-state index >= 15 is 0 Å². The van der Waals surface area contributed by atoms with E-state index in [0.717, 1.165) is 27.4 Å². The highest BCUT2D eigenvalue weighted by molar-refractivity contribution is 9.10. The summed E-state index contributed by atoms with van der Waals surface area (Å²) in [6, 6.07) is 11.3. The molecule has 29 heavy (non-hydrogen) atoms. The molecule has 1 amide bonds. The number of rotatable bonds is 3. The van der Waals surface area contributed by atoms with Crippen molar-refractivity contribution in [3.05, 3.63) is 69.0 Å². The van der Waals surface area contributed by atoms with Crippen molar-refractivity contribution in [1.29, 1.82) is 0 Å². The van der Waals surface area contributed by atoms with Crippen molar-refractivity contribution in [2.24, 2.45) is 0 Å². The summed E-state index contributed by atoms with van der Waals surface area (Å²) in [7, 11) is 0. The van der Waals surface area contributed by atoms with Crippen LogP contribution in [-0.4, -0.2) is 51.8 Å². The number of piperazine rings is 1. The van der Waals surface area contributed by atoms with Gasteiger partial charge in [-0.25, -0.2) is 9.67 Å². The number of amides is 1. The first-order valence-electron chi connectivity index (χ1n) is 9.42. The van der Waals surface area contributed by atoms with Gasteiger partial charge in [-0.2, -0.15) is 5.10 Å². The molecule has 1 aromatic carbocycles. The number of hydrogen-bond acceptors (Lipinski definition) is 4. The van der Waals surface area contributed by atoms with Crippen molar-refractivity contribution in [1.82, 2.24) is 19.7 Å². The molecule has 0 radical (unpaired) electrons. The van der Waals surface area contributed by atoms with E-state index in [2.05, 4.69) is 30.9 Å². The Balaban J connectivity index is 1.44. The maximum atomic E-state index is 12.9. The van der Waals surface area contributed by atoms with E-state index in [1.165, 1.54) is 0 Å². The zero-order chi connectivity index (χ0) is 20.5. The standard InChI is InChI=1S/C21H21BrClN5O/c1-14-19(22)15(2)28(25-14)17-7-5-16(6-8-17)21(29)27-12-10-26(11-13-27)20-18(23)4-3-9-24-20/h3-9H,10-13H2,1-2H3. The number of nitrogens with zero attached hydrogens (tertiary/aromatic N) is 5. The minimum atomic E-state index is 0.0397. The van der Waals surface area contributed by atoms with E-state index in [9.17, 15) is 4.79 Å². The highest BCUT2D eigenvalue weighted by Gasteiger charge is 2.24. The van der Waals surface area contributed by atoms with Crippen LogP contribution in [0.2, 0.25) is 5.02 Å². The van der Waals surface area contributed by atoms with Crippen molar-refractivity contribution in [2.45, 2.75) is 13.8 Å². The summed E-state index contributed by atoms with van der Waals surface area (Å²) in [6.45, 7) is 6.66. The Morgan fingerprint density at radius 2 is 1.76 bits per heavy atom. The Morgan fingerprint density at radius 3 is 2.34 bits per heavy atom. The molecule has 0 spiro atoms. The van der Waals surface area contributed by atoms with Crippen LogP contribution in [0.3, 0.4) is 0 Å². The number of benzene rings is 1. The fraction of sp³-hybridized carbons (Fsp3) is 0.286. The molecule has 3 aromatic rings. The van der Waals surface area contributed by atoms with Gasteiger partial charge in [0.2, 0.25) is 0 Å². The maximum Gasteiger partial charge on any atom is 0.253 e. The first-order chi connectivity index (χ1) is 14.0. The molecule has 1 aliphatic rings. The van der Waals surface area contributed by atoms with Crippen LogP contribution >= 0.6 is 27.5 Å². The predicted octanol–water partition coefficient (Wildman–Crippen LogP) is 4.26. The third kappa shape index (κ3) is 3.89. The second kappa shape index (κ2) is 8.16. The molecule has 150 valence electrons. The number of carbonyl (C=O) groups is 1. The van der Waals surface area contributed by atoms with E-state index in [1.807, 2.05) is 59.8 Å². The van der Waals surface area contributed by atoms with Gasteiger partial charge in [0, 0.05) is 37.9 Å². The number of carbonyl (C=O) groups excluding carboxylic acids is 1. The third-order valence-corrected chi connectivity index (χ3v) is 6.61. The van der Waals surface area contributed by atoms with Gasteiger partial charge >= 0.3 is 0 Å². The van der Waals surface area contributed by atoms with Crippen LogP contribution in [0.5, 0.6) is 0 Å². The molecule has 1 saturated heterocycles. The zero-order valence-electron chi connectivity index (χ0n) is 16.3. The summed E-state index contributed by atoms with van der Waals surface area (Å²) in [5.41, 5.74) is 3.58. The Labute approximate surface area is 183 Å². The molecule has 0 bridgehead atoms. The van der Waals surface area contributed by atoms with Crippen LogP contribution in [0.4, 0.5) is 5.82 Å². The molecule has 1 fully saturated rings. The lowest BCUT2D eigenvalue weighted by Gasteiger charge is -2.35. The van der Waals surface area contributed by atoms with Gasteiger partial charge < -0.3 is 9.80 Å². The molecule has 0 aliphatic carbocycles. The fourth-order valence-electron chi connectivity index (χ4n) is 3.53. The lowest BCUT2D eigenvalue weighted by molar-refractivity contribution is 0.0746. The number of aryl methyl sites for hydroxylation is 1. The number of halogens is 2. The molecule has 2 aromatic heterocycles. The van der Waals surface area contributed by atoms with Crippen molar-refractivity contribution in [3.8, 4) is 5.69 Å². The highest BCUT2D eigenvalue weighted by Crippen LogP contribution is 2.25. The molecule has 3 heterocycles. The van der Waals surface area contributed by atoms with E-state index in [1.54, 1.807) is 6.20 Å². The van der Waals surface area contributed by atoms with Gasteiger partial charge in [0.25, 0.3) is 5.91 Å². The first-order valence-corrected chi connectivity index (χ1v) is 10.6. The van der Waals surface area contributed by atoms with Crippen molar-refractivity contribution in [2.75, 3.05) is 31.1 Å². The second-order valence-electron chi connectivity index (χ2n) is 7.03. The van der Waals surface area contributed by atoms with Gasteiger partial charge in [-0.1, -0.05) is 11.6 Å². The van der Waals surface area contributed by atoms with Crippen LogP contribution in [-0.2, 0) is 0 Å². The Hall–Kier alpha value is -2.38. The van der Waals surface area contributed by atoms with Crippen LogP contribution in [0.1, 0.15) is 21.7 Å². The Morgan fingerprint density at radius 1 is 1.07 bits per heavy atom. The van der Waals surface area contributed by atoms with E-state index in [4.69, 9.17) is 11.6 Å². The minimum absolute atomic E-state index is 0.0397. The fourth-order valence-corrected chi connectivity index (χ4v) is 4.02. The van der Waals surface area contributed by atoms with E-state index in [0.29, 0.717) is 36.8 Å². The third-order valence-electron chi connectivity index (χ3n) is 5.17. The molecule has 0 N–H and O–H groups in total. The topological polar surface area (TPSA) is 54.3 Å². The summed E-state index contributed by atoms with van der Waals surface area (Å²) in [4.78, 5) is 21.3. The van der Waals surface area contributed by atoms with Crippen LogP contribution in [0.15, 0.2) is 47.1 Å². The van der Waals surface area contributed by atoms with Gasteiger partial charge in [0.1, 0.15) is 5.82 Å². The molecular weight excluding hydrogens is 454 g/mol. The Bertz CT molecular complexity index is 1040. The summed E-state index contributed by atoms with van der Waals surface area (Å²) < 4.78 is 2.88. The molecule has 6 nitrogen and oxygen atoms in total. The smallest absolute Gasteiger partial charge is 0.253 e. The molecule has 1 aliphatic heterocycles. The van der Waals surface area contributed by atoms with Gasteiger partial charge in [-0.3, -0.25) is 4.79 Å². The first kappa shape index (κ1) is 19.9. The molecule has 0 saturated carbocycles. The second-order valence-corrected chi connectivity index (χ2v) is 8.23. The summed E-state index contributed by atoms with van der Waals surface area (Å²) >= 11 is 9.80. The number of pyridine rings is 1. The number of hydrogen-bond donors (Lipinski definition) is 0. The number of aromatic nitrogens is 3. The van der Waals surface area contributed by atoms with Gasteiger partial charge in [0.15, 0.2) is 0 Å². The van der Waals surface area contributed by atoms with Gasteiger partial charge in [-0.15, -0.1) is 0 Å². The van der Waals surface area contributed by atoms with Crippen molar-refractivity contribution >= 4 is 39.3 Å². The molecule has 0 unspecified atom stereocenters. The van der Waals surface area contributed by atoms with Crippen molar-refractivity contribution < 1.29 is 4.79 Å². The lowest BCUT2D eigenvalue weighted by Crippen LogP contribution is -2.49. The molecule has 8 heteroatoms. The summed E-state index contributed by atoms with van der Waals surface area (Å²) in [5, 5.41) is 5.18. The quantitative estimate of drug-likeness (QED) is 0.569. The van der Waals surface area contributed by atoms with E-state index < -0.39 is 0 Å². The van der Waals surface area contributed by atoms with Crippen molar-refractivity contribution in [3.63, 3.8) is 0 Å². The average molecular weight is 475 g/mol. The zero-order valence-corrected chi connectivity index (χ0v) is 18.6. The lowest BCUT2D eigenvalue weighted by atomic mass is 10.1.